The van der Waals surface area contributed by atoms with E-state index < -0.39 is 11.7 Å². The van der Waals surface area contributed by atoms with Gasteiger partial charge < -0.3 is 15.2 Å². The predicted molar refractivity (Wildman–Crippen MR) is 126 cm³/mol. The lowest BCUT2D eigenvalue weighted by atomic mass is 10.1. The summed E-state index contributed by atoms with van der Waals surface area (Å²) in [7, 11) is 1.89. The zero-order valence-electron chi connectivity index (χ0n) is 17.3. The van der Waals surface area contributed by atoms with Gasteiger partial charge in [-0.15, -0.1) is 34.2 Å². The lowest BCUT2D eigenvalue weighted by Gasteiger charge is -2.13. The van der Waals surface area contributed by atoms with Gasteiger partial charge in [-0.05, 0) is 49.5 Å². The molecule has 0 radical (unpaired) electrons. The number of hydrogen-bond donors (Lipinski definition) is 2. The van der Waals surface area contributed by atoms with E-state index in [1.165, 1.54) is 12.1 Å². The first kappa shape index (κ1) is 26.5. The van der Waals surface area contributed by atoms with E-state index in [0.717, 1.165) is 48.1 Å². The van der Waals surface area contributed by atoms with Gasteiger partial charge in [-0.25, -0.2) is 4.99 Å². The first-order chi connectivity index (χ1) is 13.8. The van der Waals surface area contributed by atoms with Crippen LogP contribution in [0.1, 0.15) is 29.2 Å². The number of alkyl halides is 3. The van der Waals surface area contributed by atoms with E-state index in [2.05, 4.69) is 32.1 Å². The molecule has 0 saturated carbocycles. The van der Waals surface area contributed by atoms with Crippen LogP contribution < -0.4 is 10.6 Å². The number of aliphatic imine (C=N–C) groups is 1. The van der Waals surface area contributed by atoms with Gasteiger partial charge in [-0.2, -0.15) is 24.9 Å². The average molecular weight is 556 g/mol. The van der Waals surface area contributed by atoms with Crippen LogP contribution >= 0.6 is 35.7 Å². The van der Waals surface area contributed by atoms with Crippen molar-refractivity contribution < 1.29 is 13.2 Å². The zero-order valence-corrected chi connectivity index (χ0v) is 20.4. The molecule has 0 saturated heterocycles. The number of nitrogens with one attached hydrogen (secondary N) is 2. The minimum Gasteiger partial charge on any atom is -0.356 e. The number of guanidine groups is 1. The Hall–Kier alpha value is -1.50. The molecule has 0 aliphatic carbocycles. The van der Waals surface area contributed by atoms with Crippen molar-refractivity contribution in [2.24, 2.45) is 12.0 Å². The Bertz CT molecular complexity index is 793. The van der Waals surface area contributed by atoms with Crippen molar-refractivity contribution in [3.8, 4) is 0 Å². The van der Waals surface area contributed by atoms with Crippen LogP contribution in [0.5, 0.6) is 0 Å². The van der Waals surface area contributed by atoms with Gasteiger partial charge >= 0.3 is 6.18 Å². The second-order valence-corrected chi connectivity index (χ2v) is 7.52. The van der Waals surface area contributed by atoms with Gasteiger partial charge in [-0.1, -0.05) is 12.1 Å². The van der Waals surface area contributed by atoms with Crippen LogP contribution in [0.15, 0.2) is 29.3 Å². The molecule has 168 valence electrons. The highest BCUT2D eigenvalue weighted by Crippen LogP contribution is 2.29. The summed E-state index contributed by atoms with van der Waals surface area (Å²) in [5.41, 5.74) is 0.196. The number of thioether (sulfide) groups is 1. The van der Waals surface area contributed by atoms with Crippen LogP contribution in [0.2, 0.25) is 0 Å². The maximum absolute atomic E-state index is 12.7. The summed E-state index contributed by atoms with van der Waals surface area (Å²) in [6, 6.07) is 5.24. The molecule has 2 aromatic rings. The van der Waals surface area contributed by atoms with Gasteiger partial charge in [0, 0.05) is 20.1 Å². The number of halogens is 4. The smallest absolute Gasteiger partial charge is 0.356 e. The fraction of sp³-hybridized carbons (Fsp3) is 0.526. The van der Waals surface area contributed by atoms with Crippen LogP contribution in [0.4, 0.5) is 13.2 Å². The van der Waals surface area contributed by atoms with E-state index in [-0.39, 0.29) is 24.0 Å². The van der Waals surface area contributed by atoms with E-state index in [9.17, 15) is 13.2 Å². The lowest BCUT2D eigenvalue weighted by Crippen LogP contribution is -2.39. The zero-order chi connectivity index (χ0) is 21.3. The van der Waals surface area contributed by atoms with E-state index >= 15 is 0 Å². The molecule has 0 fully saturated rings. The van der Waals surface area contributed by atoms with Gasteiger partial charge in [0.15, 0.2) is 11.8 Å². The number of hydrogen-bond acceptors (Lipinski definition) is 4. The predicted octanol–water partition coefficient (Wildman–Crippen LogP) is 3.79. The van der Waals surface area contributed by atoms with Gasteiger partial charge in [0.2, 0.25) is 0 Å². The molecule has 2 rings (SSSR count). The number of benzene rings is 1. The first-order valence-corrected chi connectivity index (χ1v) is 10.7. The molecule has 0 aliphatic heterocycles. The second-order valence-electron chi connectivity index (χ2n) is 6.53. The summed E-state index contributed by atoms with van der Waals surface area (Å²) in [6.07, 6.45) is -0.653. The highest BCUT2D eigenvalue weighted by molar-refractivity contribution is 14.0. The molecular weight excluding hydrogens is 528 g/mol. The fourth-order valence-corrected chi connectivity index (χ4v) is 2.95. The molecule has 1 aromatic carbocycles. The summed E-state index contributed by atoms with van der Waals surface area (Å²) < 4.78 is 39.9. The monoisotopic (exact) mass is 556 g/mol. The van der Waals surface area contributed by atoms with Crippen LogP contribution in [-0.4, -0.2) is 45.8 Å². The van der Waals surface area contributed by atoms with E-state index in [4.69, 9.17) is 0 Å². The molecule has 6 nitrogen and oxygen atoms in total. The molecule has 0 amide bonds. The van der Waals surface area contributed by atoms with E-state index in [1.807, 2.05) is 18.5 Å². The molecular formula is C19H28F3IN6S. The second kappa shape index (κ2) is 13.0. The minimum atomic E-state index is -4.31. The third kappa shape index (κ3) is 8.70. The van der Waals surface area contributed by atoms with Gasteiger partial charge in [0.05, 0.1) is 5.56 Å². The Morgan fingerprint density at radius 2 is 1.80 bits per heavy atom. The Labute approximate surface area is 196 Å². The van der Waals surface area contributed by atoms with Crippen LogP contribution in [0.25, 0.3) is 0 Å². The van der Waals surface area contributed by atoms with Crippen molar-refractivity contribution in [2.75, 3.05) is 25.1 Å². The molecule has 0 aliphatic rings. The molecule has 0 spiro atoms. The minimum absolute atomic E-state index is 0. The lowest BCUT2D eigenvalue weighted by molar-refractivity contribution is -0.137. The molecule has 11 heteroatoms. The third-order valence-corrected chi connectivity index (χ3v) is 5.06. The van der Waals surface area contributed by atoms with Crippen LogP contribution in [0, 0.1) is 6.92 Å². The maximum Gasteiger partial charge on any atom is 0.416 e. The van der Waals surface area contributed by atoms with Crippen LogP contribution in [-0.2, 0) is 26.2 Å². The third-order valence-electron chi connectivity index (χ3n) is 4.37. The highest BCUT2D eigenvalue weighted by Gasteiger charge is 2.29. The molecule has 30 heavy (non-hydrogen) atoms. The Kier molecular flexibility index (Phi) is 11.5. The quantitative estimate of drug-likeness (QED) is 0.213. The van der Waals surface area contributed by atoms with Crippen molar-refractivity contribution in [3.05, 3.63) is 47.0 Å². The van der Waals surface area contributed by atoms with Gasteiger partial charge in [0.25, 0.3) is 0 Å². The standard InChI is InChI=1S/C19H27F3N6S.HI/c1-14-26-27-17(28(14)2)13-25-18(23-10-4-12-29-3)24-11-9-15-5-7-16(8-6-15)19(20,21)22;/h5-8H,4,9-13H2,1-3H3,(H2,23,24,25);1H. The normalized spacial score (nSPS) is 11.9. The van der Waals surface area contributed by atoms with Crippen molar-refractivity contribution in [1.29, 1.82) is 0 Å². The largest absolute Gasteiger partial charge is 0.416 e. The summed E-state index contributed by atoms with van der Waals surface area (Å²) in [5.74, 6) is 3.28. The maximum atomic E-state index is 12.7. The summed E-state index contributed by atoms with van der Waals surface area (Å²) in [5, 5.41) is 14.7. The SMILES string of the molecule is CSCCCNC(=NCc1nnc(C)n1C)NCCc1ccc(C(F)(F)F)cc1.I. The molecule has 2 N–H and O–H groups in total. The molecule has 1 heterocycles. The molecule has 1 aromatic heterocycles. The number of rotatable bonds is 9. The van der Waals surface area contributed by atoms with Gasteiger partial charge in [-0.3, -0.25) is 0 Å². The Morgan fingerprint density at radius 3 is 2.37 bits per heavy atom. The highest BCUT2D eigenvalue weighted by atomic mass is 127. The Balaban J connectivity index is 0.00000450. The number of nitrogens with zero attached hydrogens (tertiary/aromatic N) is 4. The van der Waals surface area contributed by atoms with Crippen molar-refractivity contribution in [3.63, 3.8) is 0 Å². The Morgan fingerprint density at radius 1 is 1.13 bits per heavy atom. The summed E-state index contributed by atoms with van der Waals surface area (Å²) in [6.45, 7) is 3.60. The van der Waals surface area contributed by atoms with Crippen molar-refractivity contribution >= 4 is 41.7 Å². The van der Waals surface area contributed by atoms with Gasteiger partial charge in [0.1, 0.15) is 12.4 Å². The van der Waals surface area contributed by atoms with Crippen molar-refractivity contribution in [1.82, 2.24) is 25.4 Å². The molecule has 0 unspecified atom stereocenters. The summed E-state index contributed by atoms with van der Waals surface area (Å²) >= 11 is 1.78. The molecule has 0 bridgehead atoms. The van der Waals surface area contributed by atoms with E-state index in [1.54, 1.807) is 11.8 Å². The molecule has 0 atom stereocenters. The first-order valence-electron chi connectivity index (χ1n) is 9.33. The topological polar surface area (TPSA) is 67.1 Å². The summed E-state index contributed by atoms with van der Waals surface area (Å²) in [4.78, 5) is 4.56. The fourth-order valence-electron chi connectivity index (χ4n) is 2.52. The van der Waals surface area contributed by atoms with E-state index in [0.29, 0.717) is 25.5 Å². The number of aromatic nitrogens is 3. The van der Waals surface area contributed by atoms with Crippen LogP contribution in [0.3, 0.4) is 0 Å². The van der Waals surface area contributed by atoms with Crippen molar-refractivity contribution in [2.45, 2.75) is 32.5 Å². The average Bonchev–Trinajstić information content (AvgIpc) is 3.00. The number of aryl methyl sites for hydroxylation is 1.